The third-order valence-corrected chi connectivity index (χ3v) is 5.17. The number of anilines is 1. The van der Waals surface area contributed by atoms with Crippen molar-refractivity contribution in [3.63, 3.8) is 0 Å². The highest BCUT2D eigenvalue weighted by molar-refractivity contribution is 6.05. The molecule has 1 aliphatic heterocycles. The fourth-order valence-electron chi connectivity index (χ4n) is 3.69. The number of aliphatic hydroxyl groups excluding tert-OH is 1. The summed E-state index contributed by atoms with van der Waals surface area (Å²) in [7, 11) is 1.24. The van der Waals surface area contributed by atoms with Crippen LogP contribution in [0, 0.1) is 0 Å². The van der Waals surface area contributed by atoms with Crippen molar-refractivity contribution in [2.24, 2.45) is 0 Å². The summed E-state index contributed by atoms with van der Waals surface area (Å²) in [6, 6.07) is 9.42. The number of carbonyl (C=O) groups is 2. The van der Waals surface area contributed by atoms with Gasteiger partial charge < -0.3 is 15.2 Å². The fraction of sp³-hybridized carbons (Fsp3) is 0.409. The maximum Gasteiger partial charge on any atom is 0.389 e. The van der Waals surface area contributed by atoms with E-state index >= 15 is 0 Å². The molecular weight excluding hydrogens is 441 g/mol. The van der Waals surface area contributed by atoms with Crippen LogP contribution in [0.2, 0.25) is 0 Å². The molecule has 2 heterocycles. The lowest BCUT2D eigenvalue weighted by Crippen LogP contribution is -2.50. The summed E-state index contributed by atoms with van der Waals surface area (Å²) in [4.78, 5) is 32.0. The van der Waals surface area contributed by atoms with Crippen LogP contribution in [-0.4, -0.2) is 61.1 Å². The molecule has 0 aliphatic carbocycles. The number of benzene rings is 1. The Morgan fingerprint density at radius 1 is 1.24 bits per heavy atom. The molecule has 178 valence electrons. The van der Waals surface area contributed by atoms with Crippen molar-refractivity contribution < 1.29 is 32.6 Å². The number of ether oxygens (including phenoxy) is 1. The molecule has 0 unspecified atom stereocenters. The van der Waals surface area contributed by atoms with Gasteiger partial charge in [0.1, 0.15) is 11.9 Å². The van der Waals surface area contributed by atoms with Crippen LogP contribution >= 0.6 is 0 Å². The molecule has 2 atom stereocenters. The highest BCUT2D eigenvalue weighted by Gasteiger charge is 2.36. The number of carbonyl (C=O) groups excluding carboxylic acids is 2. The Morgan fingerprint density at radius 3 is 2.67 bits per heavy atom. The number of rotatable bonds is 9. The van der Waals surface area contributed by atoms with Gasteiger partial charge >= 0.3 is 6.18 Å². The maximum absolute atomic E-state index is 13.5. The summed E-state index contributed by atoms with van der Waals surface area (Å²) in [5.41, 5.74) is 1.88. The van der Waals surface area contributed by atoms with Crippen LogP contribution in [-0.2, 0) is 14.3 Å². The number of hydrogen-bond acceptors (Lipinski definition) is 6. The lowest BCUT2D eigenvalue weighted by atomic mass is 9.96. The van der Waals surface area contributed by atoms with Crippen LogP contribution in [0.25, 0.3) is 11.1 Å². The van der Waals surface area contributed by atoms with Crippen LogP contribution in [0.15, 0.2) is 42.6 Å². The Morgan fingerprint density at radius 2 is 1.97 bits per heavy atom. The Kier molecular flexibility index (Phi) is 8.01. The zero-order valence-corrected chi connectivity index (χ0v) is 17.9. The molecule has 0 bridgehead atoms. The molecular formula is C22H25F3N4O4. The van der Waals surface area contributed by atoms with Crippen LogP contribution < -0.4 is 15.5 Å². The number of aromatic nitrogens is 1. The van der Waals surface area contributed by atoms with Crippen LogP contribution in [0.4, 0.5) is 19.0 Å². The number of nitrogens with one attached hydrogen (secondary N) is 2. The number of pyridine rings is 1. The average molecular weight is 466 g/mol. The summed E-state index contributed by atoms with van der Waals surface area (Å²) in [6.45, 7) is -0.459. The number of hydrogen-bond donors (Lipinski definition) is 3. The second kappa shape index (κ2) is 10.7. The Hall–Kier alpha value is -3.02. The summed E-state index contributed by atoms with van der Waals surface area (Å²) in [5, 5.41) is 14.8. The molecule has 1 aromatic heterocycles. The van der Waals surface area contributed by atoms with E-state index in [1.807, 2.05) is 0 Å². The predicted octanol–water partition coefficient (Wildman–Crippen LogP) is 2.15. The summed E-state index contributed by atoms with van der Waals surface area (Å²) < 4.78 is 42.2. The van der Waals surface area contributed by atoms with Gasteiger partial charge in [0.15, 0.2) is 6.23 Å². The number of nitrogens with zero attached hydrogens (tertiary/aromatic N) is 2. The fourth-order valence-corrected chi connectivity index (χ4v) is 3.69. The lowest BCUT2D eigenvalue weighted by Gasteiger charge is -2.26. The van der Waals surface area contributed by atoms with Crippen molar-refractivity contribution in [1.29, 1.82) is 0 Å². The Labute approximate surface area is 188 Å². The number of amides is 2. The van der Waals surface area contributed by atoms with Crippen molar-refractivity contribution in [3.8, 4) is 11.1 Å². The molecule has 2 aromatic rings. The first-order valence-corrected chi connectivity index (χ1v) is 10.4. The largest absolute Gasteiger partial charge is 0.395 e. The molecule has 11 heteroatoms. The number of aliphatic hydroxyl groups is 1. The monoisotopic (exact) mass is 466 g/mol. The van der Waals surface area contributed by atoms with Crippen molar-refractivity contribution in [2.45, 2.75) is 31.3 Å². The molecule has 3 rings (SSSR count). The number of fused-ring (bicyclic) bond motifs is 3. The van der Waals surface area contributed by atoms with E-state index in [-0.39, 0.29) is 26.1 Å². The highest BCUT2D eigenvalue weighted by atomic mass is 19.4. The third kappa shape index (κ3) is 5.86. The molecule has 0 spiro atoms. The SMILES string of the molecule is CO[C@H](NCCCC(F)(F)F)C(=O)N[C@@H]1C(=O)N(CCO)c2ncccc2-c2ccccc21. The summed E-state index contributed by atoms with van der Waals surface area (Å²) >= 11 is 0. The van der Waals surface area contributed by atoms with E-state index in [1.54, 1.807) is 36.4 Å². The molecule has 3 N–H and O–H groups in total. The summed E-state index contributed by atoms with van der Waals surface area (Å²) in [6.07, 6.45) is -5.24. The standard InChI is InChI=1S/C22H25F3N4O4/c1-33-20(27-11-5-9-22(23,24)25)19(31)28-17-15-7-3-2-6-14(15)16-8-4-10-26-18(16)29(12-13-30)21(17)32/h2-4,6-8,10,17,20,27,30H,5,9,11-13H2,1H3,(H,28,31)/t17-,20-/m0/s1. The minimum atomic E-state index is -4.29. The van der Waals surface area contributed by atoms with Gasteiger partial charge in [-0.05, 0) is 36.2 Å². The van der Waals surface area contributed by atoms with Crippen molar-refractivity contribution >= 4 is 17.6 Å². The molecule has 8 nitrogen and oxygen atoms in total. The Bertz CT molecular complexity index is 986. The predicted molar refractivity (Wildman–Crippen MR) is 114 cm³/mol. The molecule has 0 saturated heterocycles. The normalized spacial score (nSPS) is 16.6. The third-order valence-electron chi connectivity index (χ3n) is 5.17. The molecule has 0 radical (unpaired) electrons. The molecule has 33 heavy (non-hydrogen) atoms. The minimum Gasteiger partial charge on any atom is -0.395 e. The van der Waals surface area contributed by atoms with Gasteiger partial charge in [-0.2, -0.15) is 13.2 Å². The zero-order chi connectivity index (χ0) is 24.0. The van der Waals surface area contributed by atoms with Crippen molar-refractivity contribution in [2.75, 3.05) is 31.7 Å². The summed E-state index contributed by atoms with van der Waals surface area (Å²) in [5.74, 6) is -0.857. The number of β-amino-alcohol motifs (C(OH)–C–C–N with tert-alkyl or cyclic N) is 1. The van der Waals surface area contributed by atoms with Crippen molar-refractivity contribution in [3.05, 3.63) is 48.2 Å². The minimum absolute atomic E-state index is 0.0351. The average Bonchev–Trinajstić information content (AvgIpc) is 2.88. The first-order chi connectivity index (χ1) is 15.8. The number of alkyl halides is 3. The first-order valence-electron chi connectivity index (χ1n) is 10.4. The maximum atomic E-state index is 13.5. The van der Waals surface area contributed by atoms with Gasteiger partial charge in [0.05, 0.1) is 13.2 Å². The van der Waals surface area contributed by atoms with Crippen LogP contribution in [0.3, 0.4) is 0 Å². The van der Waals surface area contributed by atoms with Gasteiger partial charge in [0.2, 0.25) is 0 Å². The van der Waals surface area contributed by atoms with Gasteiger partial charge in [-0.15, -0.1) is 0 Å². The van der Waals surface area contributed by atoms with Gasteiger partial charge in [0.25, 0.3) is 11.8 Å². The van der Waals surface area contributed by atoms with E-state index in [1.165, 1.54) is 18.2 Å². The van der Waals surface area contributed by atoms with E-state index in [9.17, 15) is 27.9 Å². The van der Waals surface area contributed by atoms with E-state index in [4.69, 9.17) is 4.74 Å². The van der Waals surface area contributed by atoms with Crippen molar-refractivity contribution in [1.82, 2.24) is 15.6 Å². The van der Waals surface area contributed by atoms with E-state index in [2.05, 4.69) is 15.6 Å². The number of halogens is 3. The number of methoxy groups -OCH3 is 1. The van der Waals surface area contributed by atoms with Crippen LogP contribution in [0.1, 0.15) is 24.4 Å². The topological polar surface area (TPSA) is 104 Å². The molecule has 2 amide bonds. The first kappa shape index (κ1) is 24.6. The molecule has 1 aromatic carbocycles. The molecule has 0 fully saturated rings. The van der Waals surface area contributed by atoms with E-state index in [0.29, 0.717) is 22.5 Å². The second-order valence-electron chi connectivity index (χ2n) is 7.41. The van der Waals surface area contributed by atoms with Gasteiger partial charge in [0, 0.05) is 25.3 Å². The van der Waals surface area contributed by atoms with Gasteiger partial charge in [-0.1, -0.05) is 24.3 Å². The molecule has 1 aliphatic rings. The van der Waals surface area contributed by atoms with E-state index in [0.717, 1.165) is 0 Å². The highest BCUT2D eigenvalue weighted by Crippen LogP contribution is 2.38. The molecule has 0 saturated carbocycles. The van der Waals surface area contributed by atoms with Gasteiger partial charge in [-0.3, -0.25) is 19.8 Å². The second-order valence-corrected chi connectivity index (χ2v) is 7.41. The van der Waals surface area contributed by atoms with Crippen LogP contribution in [0.5, 0.6) is 0 Å². The van der Waals surface area contributed by atoms with E-state index < -0.39 is 36.7 Å². The Balaban J connectivity index is 1.85. The quantitative estimate of drug-likeness (QED) is 0.387. The zero-order valence-electron chi connectivity index (χ0n) is 17.9. The lowest BCUT2D eigenvalue weighted by molar-refractivity contribution is -0.138. The smallest absolute Gasteiger partial charge is 0.389 e. The van der Waals surface area contributed by atoms with Gasteiger partial charge in [-0.25, -0.2) is 4.98 Å².